The van der Waals surface area contributed by atoms with Gasteiger partial charge in [-0.1, -0.05) is 42.5 Å². The van der Waals surface area contributed by atoms with Crippen LogP contribution in [-0.4, -0.2) is 61.7 Å². The molecule has 0 unspecified atom stereocenters. The molecule has 2 aromatic rings. The third-order valence-corrected chi connectivity index (χ3v) is 5.19. The maximum absolute atomic E-state index is 10.4. The van der Waals surface area contributed by atoms with E-state index in [1.165, 1.54) is 0 Å². The van der Waals surface area contributed by atoms with Crippen molar-refractivity contribution in [3.8, 4) is 0 Å². The van der Waals surface area contributed by atoms with Crippen LogP contribution in [0, 0.1) is 0 Å². The molecule has 2 aromatic carbocycles. The molecule has 1 fully saturated rings. The van der Waals surface area contributed by atoms with E-state index in [4.69, 9.17) is 9.84 Å². The first-order valence-corrected chi connectivity index (χ1v) is 9.20. The lowest BCUT2D eigenvalue weighted by atomic mass is 9.88. The first-order valence-electron chi connectivity index (χ1n) is 9.20. The van der Waals surface area contributed by atoms with Crippen molar-refractivity contribution in [2.45, 2.75) is 50.2 Å². The fourth-order valence-electron chi connectivity index (χ4n) is 3.52. The van der Waals surface area contributed by atoms with Crippen molar-refractivity contribution in [1.82, 2.24) is 0 Å². The summed E-state index contributed by atoms with van der Waals surface area (Å²) in [4.78, 5) is 0. The Bertz CT molecular complexity index is 775. The molecule has 6 N–H and O–H groups in total. The third kappa shape index (κ3) is 4.26. The molecule has 1 heterocycles. The van der Waals surface area contributed by atoms with Crippen molar-refractivity contribution in [3.63, 3.8) is 0 Å². The number of benzene rings is 2. The summed E-state index contributed by atoms with van der Waals surface area (Å²) in [5.41, 5.74) is 3.78. The van der Waals surface area contributed by atoms with Crippen LogP contribution in [0.15, 0.2) is 42.5 Å². The molecule has 3 rings (SSSR count). The fourth-order valence-corrected chi connectivity index (χ4v) is 3.52. The Balaban J connectivity index is 1.89. The Morgan fingerprint density at radius 3 is 1.96 bits per heavy atom. The molecule has 1 aliphatic rings. The van der Waals surface area contributed by atoms with Gasteiger partial charge in [-0.25, -0.2) is 0 Å². The lowest BCUT2D eigenvalue weighted by Gasteiger charge is -2.40. The Morgan fingerprint density at radius 2 is 1.36 bits per heavy atom. The lowest BCUT2D eigenvalue weighted by Crippen LogP contribution is -2.55. The van der Waals surface area contributed by atoms with Crippen LogP contribution in [0.5, 0.6) is 0 Å². The molecule has 5 atom stereocenters. The van der Waals surface area contributed by atoms with Crippen molar-refractivity contribution in [1.29, 1.82) is 0 Å². The Morgan fingerprint density at radius 1 is 0.714 bits per heavy atom. The van der Waals surface area contributed by atoms with Crippen LogP contribution in [0.25, 0.3) is 0 Å². The summed E-state index contributed by atoms with van der Waals surface area (Å²) in [6.07, 6.45) is -5.72. The van der Waals surface area contributed by atoms with E-state index in [2.05, 4.69) is 0 Å². The van der Waals surface area contributed by atoms with Crippen LogP contribution in [-0.2, 0) is 24.4 Å². The minimum absolute atomic E-state index is 0.0211. The largest absolute Gasteiger partial charge is 0.394 e. The van der Waals surface area contributed by atoms with Crippen LogP contribution in [0.1, 0.15) is 33.9 Å². The summed E-state index contributed by atoms with van der Waals surface area (Å²) in [5.74, 6) is 0. The maximum atomic E-state index is 10.4. The summed E-state index contributed by atoms with van der Waals surface area (Å²) in [5, 5.41) is 58.7. The van der Waals surface area contributed by atoms with Gasteiger partial charge in [0.05, 0.1) is 19.8 Å². The number of rotatable bonds is 6. The quantitative estimate of drug-likeness (QED) is 0.402. The van der Waals surface area contributed by atoms with E-state index in [-0.39, 0.29) is 13.2 Å². The average Bonchev–Trinajstić information content (AvgIpc) is 2.73. The topological polar surface area (TPSA) is 131 Å². The van der Waals surface area contributed by atoms with Gasteiger partial charge in [-0.3, -0.25) is 0 Å². The lowest BCUT2D eigenvalue weighted by molar-refractivity contribution is -0.232. The van der Waals surface area contributed by atoms with Crippen molar-refractivity contribution >= 4 is 0 Å². The van der Waals surface area contributed by atoms with Gasteiger partial charge in [-0.15, -0.1) is 0 Å². The van der Waals surface area contributed by atoms with E-state index in [1.807, 2.05) is 30.3 Å². The second-order valence-corrected chi connectivity index (χ2v) is 7.09. The third-order valence-electron chi connectivity index (χ3n) is 5.19. The smallest absolute Gasteiger partial charge is 0.113 e. The number of aliphatic hydroxyl groups excluding tert-OH is 6. The fraction of sp³-hybridized carbons (Fsp3) is 0.429. The molecule has 7 nitrogen and oxygen atoms in total. The van der Waals surface area contributed by atoms with Crippen LogP contribution in [0.2, 0.25) is 0 Å². The van der Waals surface area contributed by atoms with Crippen molar-refractivity contribution in [2.75, 3.05) is 6.61 Å². The van der Waals surface area contributed by atoms with Gasteiger partial charge in [0, 0.05) is 0 Å². The molecule has 0 amide bonds. The van der Waals surface area contributed by atoms with E-state index < -0.39 is 37.1 Å². The SMILES string of the molecule is OCc1ccc(Cc2ccc(CO)c([C@@H]3O[C@H](CO)[C@@H](O)[C@H](O)[C@H]3O)c2)cc1. The predicted octanol–water partition coefficient (Wildman–Crippen LogP) is -0.223. The number of aliphatic hydroxyl groups is 6. The zero-order valence-electron chi connectivity index (χ0n) is 15.3. The van der Waals surface area contributed by atoms with Crippen molar-refractivity contribution in [3.05, 3.63) is 70.3 Å². The van der Waals surface area contributed by atoms with Gasteiger partial charge in [-0.05, 0) is 34.2 Å². The molecule has 0 radical (unpaired) electrons. The van der Waals surface area contributed by atoms with Gasteiger partial charge in [0.15, 0.2) is 0 Å². The number of hydrogen-bond acceptors (Lipinski definition) is 7. The minimum Gasteiger partial charge on any atom is -0.394 e. The Kier molecular flexibility index (Phi) is 6.79. The van der Waals surface area contributed by atoms with Gasteiger partial charge < -0.3 is 35.4 Å². The van der Waals surface area contributed by atoms with Gasteiger partial charge in [0.1, 0.15) is 30.5 Å². The highest BCUT2D eigenvalue weighted by molar-refractivity contribution is 5.37. The van der Waals surface area contributed by atoms with E-state index in [1.54, 1.807) is 12.1 Å². The molecule has 1 aliphatic heterocycles. The van der Waals surface area contributed by atoms with Gasteiger partial charge in [-0.2, -0.15) is 0 Å². The highest BCUT2D eigenvalue weighted by Crippen LogP contribution is 2.35. The maximum Gasteiger partial charge on any atom is 0.113 e. The molecule has 0 bridgehead atoms. The average molecular weight is 390 g/mol. The predicted molar refractivity (Wildman–Crippen MR) is 100 cm³/mol. The van der Waals surface area contributed by atoms with E-state index in [0.29, 0.717) is 17.5 Å². The monoisotopic (exact) mass is 390 g/mol. The van der Waals surface area contributed by atoms with Crippen LogP contribution < -0.4 is 0 Å². The normalized spacial score (nSPS) is 27.7. The van der Waals surface area contributed by atoms with E-state index >= 15 is 0 Å². The van der Waals surface area contributed by atoms with E-state index in [0.717, 1.165) is 16.7 Å². The molecule has 0 spiro atoms. The molecule has 0 saturated carbocycles. The summed E-state index contributed by atoms with van der Waals surface area (Å²) in [6, 6.07) is 12.9. The highest BCUT2D eigenvalue weighted by Gasteiger charge is 2.44. The Hall–Kier alpha value is -1.84. The number of hydrogen-bond donors (Lipinski definition) is 6. The second-order valence-electron chi connectivity index (χ2n) is 7.09. The summed E-state index contributed by atoms with van der Waals surface area (Å²) < 4.78 is 5.65. The van der Waals surface area contributed by atoms with Crippen LogP contribution >= 0.6 is 0 Å². The summed E-state index contributed by atoms with van der Waals surface area (Å²) in [7, 11) is 0. The second kappa shape index (κ2) is 9.11. The van der Waals surface area contributed by atoms with Crippen molar-refractivity contribution < 1.29 is 35.4 Å². The molecule has 7 heteroatoms. The summed E-state index contributed by atoms with van der Waals surface area (Å²) >= 11 is 0. The van der Waals surface area contributed by atoms with Crippen LogP contribution in [0.3, 0.4) is 0 Å². The minimum atomic E-state index is -1.47. The first-order chi connectivity index (χ1) is 13.5. The Labute approximate surface area is 163 Å². The molecule has 0 aromatic heterocycles. The molecule has 1 saturated heterocycles. The van der Waals surface area contributed by atoms with Gasteiger partial charge in [0.2, 0.25) is 0 Å². The van der Waals surface area contributed by atoms with Gasteiger partial charge >= 0.3 is 0 Å². The standard InChI is InChI=1S/C21H26O7/c22-9-13-3-1-12(2-4-13)7-14-5-6-15(10-23)16(8-14)21-20(27)19(26)18(25)17(11-24)28-21/h1-6,8,17-27H,7,9-11H2/t17-,18-,19+,20-,21+/m1/s1. The zero-order valence-corrected chi connectivity index (χ0v) is 15.3. The van der Waals surface area contributed by atoms with Gasteiger partial charge in [0.25, 0.3) is 0 Å². The molecular weight excluding hydrogens is 364 g/mol. The first kappa shape index (κ1) is 20.9. The number of ether oxygens (including phenoxy) is 1. The molecule has 28 heavy (non-hydrogen) atoms. The van der Waals surface area contributed by atoms with Crippen LogP contribution in [0.4, 0.5) is 0 Å². The summed E-state index contributed by atoms with van der Waals surface area (Å²) in [6.45, 7) is -0.810. The van der Waals surface area contributed by atoms with E-state index in [9.17, 15) is 25.5 Å². The zero-order chi connectivity index (χ0) is 20.3. The van der Waals surface area contributed by atoms with Crippen molar-refractivity contribution in [2.24, 2.45) is 0 Å². The highest BCUT2D eigenvalue weighted by atomic mass is 16.5. The molecular formula is C21H26O7. The molecule has 152 valence electrons. The molecule has 0 aliphatic carbocycles.